The Morgan fingerprint density at radius 2 is 1.86 bits per heavy atom. The molecule has 0 fully saturated rings. The van der Waals surface area contributed by atoms with Gasteiger partial charge in [-0.1, -0.05) is 26.0 Å². The van der Waals surface area contributed by atoms with Crippen LogP contribution in [0.4, 0.5) is 5.82 Å². The summed E-state index contributed by atoms with van der Waals surface area (Å²) in [6.07, 6.45) is 5.38. The number of imidazole rings is 1. The van der Waals surface area contributed by atoms with Gasteiger partial charge in [-0.05, 0) is 38.3 Å². The minimum atomic E-state index is -0.679. The maximum atomic E-state index is 13.3. The van der Waals surface area contributed by atoms with Crippen molar-refractivity contribution in [1.82, 2.24) is 29.0 Å². The fraction of sp³-hybridized carbons (Fsp3) is 0.333. The van der Waals surface area contributed by atoms with Crippen molar-refractivity contribution >= 4 is 34.2 Å². The van der Waals surface area contributed by atoms with Gasteiger partial charge in [-0.25, -0.2) is 14.8 Å². The second-order valence-electron chi connectivity index (χ2n) is 7.74. The predicted octanol–water partition coefficient (Wildman–Crippen LogP) is 1.35. The summed E-state index contributed by atoms with van der Waals surface area (Å²) in [6.45, 7) is 7.04. The van der Waals surface area contributed by atoms with Gasteiger partial charge in [0.2, 0.25) is 5.91 Å². The second-order valence-corrected chi connectivity index (χ2v) is 7.74. The molecule has 11 nitrogen and oxygen atoms in total. The van der Waals surface area contributed by atoms with Crippen LogP contribution in [0, 0.1) is 6.92 Å². The van der Waals surface area contributed by atoms with Gasteiger partial charge in [-0.15, -0.1) is 0 Å². The van der Waals surface area contributed by atoms with Gasteiger partial charge < -0.3 is 15.2 Å². The summed E-state index contributed by atoms with van der Waals surface area (Å²) >= 11 is 0. The van der Waals surface area contributed by atoms with Crippen molar-refractivity contribution < 1.29 is 9.59 Å². The number of fused-ring (bicyclic) bond motifs is 1. The van der Waals surface area contributed by atoms with E-state index in [1.165, 1.54) is 23.1 Å². The van der Waals surface area contributed by atoms with Crippen LogP contribution in [0.5, 0.6) is 0 Å². The number of amides is 1. The van der Waals surface area contributed by atoms with Gasteiger partial charge in [-0.2, -0.15) is 0 Å². The number of carbonyl (C=O) groups is 2. The quantitative estimate of drug-likeness (QED) is 0.545. The molecule has 0 saturated carbocycles. The number of rotatable bonds is 6. The number of carbonyl (C=O) groups excluding carboxylic acids is 2. The largest absolute Gasteiger partial charge is 0.387 e. The third-order valence-electron chi connectivity index (χ3n) is 5.15. The van der Waals surface area contributed by atoms with Crippen molar-refractivity contribution in [1.29, 1.82) is 0 Å². The summed E-state index contributed by atoms with van der Waals surface area (Å²) < 4.78 is 3.55. The Labute approximate surface area is 201 Å². The van der Waals surface area contributed by atoms with Crippen molar-refractivity contribution in [3.05, 3.63) is 68.9 Å². The van der Waals surface area contributed by atoms with Crippen molar-refractivity contribution in [3.63, 3.8) is 0 Å². The molecule has 0 aliphatic carbocycles. The van der Waals surface area contributed by atoms with Crippen LogP contribution in [0.2, 0.25) is 0 Å². The number of allylic oxidation sites excluding steroid dienone is 2. The second kappa shape index (κ2) is 10.8. The third-order valence-corrected chi connectivity index (χ3v) is 5.15. The Hall–Kier alpha value is -4.28. The SMILES string of the molecule is CC.CC(=O)Cn1c(=O)c2c(nc(C3=CCNC=C3)n2CC(=O)Nc2cccc(C)n2)n(C)c1=O. The number of Topliss-reactive ketones (excluding diaryl/α,β-unsaturated/α-hetero) is 1. The lowest BCUT2D eigenvalue weighted by Gasteiger charge is -2.13. The van der Waals surface area contributed by atoms with Crippen LogP contribution in [0.25, 0.3) is 16.7 Å². The van der Waals surface area contributed by atoms with Crippen LogP contribution in [0.15, 0.2) is 46.1 Å². The molecule has 0 unspecified atom stereocenters. The monoisotopic (exact) mass is 479 g/mol. The van der Waals surface area contributed by atoms with Gasteiger partial charge in [0.15, 0.2) is 11.2 Å². The van der Waals surface area contributed by atoms with Crippen molar-refractivity contribution in [2.24, 2.45) is 7.05 Å². The number of nitrogens with zero attached hydrogens (tertiary/aromatic N) is 5. The molecule has 3 aromatic rings. The Kier molecular flexibility index (Phi) is 7.80. The van der Waals surface area contributed by atoms with E-state index in [1.807, 2.05) is 32.9 Å². The van der Waals surface area contributed by atoms with E-state index in [1.54, 1.807) is 24.4 Å². The zero-order valence-corrected chi connectivity index (χ0v) is 20.5. The van der Waals surface area contributed by atoms with Gasteiger partial charge >= 0.3 is 5.69 Å². The molecule has 4 heterocycles. The highest BCUT2D eigenvalue weighted by atomic mass is 16.2. The highest BCUT2D eigenvalue weighted by molar-refractivity contribution is 5.91. The highest BCUT2D eigenvalue weighted by Gasteiger charge is 2.23. The Morgan fingerprint density at radius 1 is 1.11 bits per heavy atom. The fourth-order valence-corrected chi connectivity index (χ4v) is 3.67. The van der Waals surface area contributed by atoms with E-state index in [2.05, 4.69) is 20.6 Å². The molecule has 1 aliphatic rings. The average molecular weight is 480 g/mol. The predicted molar refractivity (Wildman–Crippen MR) is 134 cm³/mol. The first kappa shape index (κ1) is 25.3. The highest BCUT2D eigenvalue weighted by Crippen LogP contribution is 2.21. The summed E-state index contributed by atoms with van der Waals surface area (Å²) in [5.41, 5.74) is 0.303. The number of hydrogen-bond acceptors (Lipinski definition) is 7. The van der Waals surface area contributed by atoms with Crippen molar-refractivity contribution in [2.75, 3.05) is 11.9 Å². The van der Waals surface area contributed by atoms with E-state index < -0.39 is 17.2 Å². The summed E-state index contributed by atoms with van der Waals surface area (Å²) in [6, 6.07) is 5.25. The lowest BCUT2D eigenvalue weighted by molar-refractivity contribution is -0.118. The maximum Gasteiger partial charge on any atom is 0.332 e. The first-order valence-electron chi connectivity index (χ1n) is 11.3. The molecule has 0 aromatic carbocycles. The normalized spacial score (nSPS) is 12.4. The molecule has 1 aliphatic heterocycles. The molecular formula is C24H29N7O4. The molecular weight excluding hydrogens is 450 g/mol. The summed E-state index contributed by atoms with van der Waals surface area (Å²) in [5.74, 6) is -0.0123. The topological polar surface area (TPSA) is 133 Å². The summed E-state index contributed by atoms with van der Waals surface area (Å²) in [4.78, 5) is 59.4. The number of anilines is 1. The number of aryl methyl sites for hydroxylation is 2. The third kappa shape index (κ3) is 5.29. The Morgan fingerprint density at radius 3 is 2.49 bits per heavy atom. The molecule has 1 amide bonds. The lowest BCUT2D eigenvalue weighted by Crippen LogP contribution is -2.41. The first-order chi connectivity index (χ1) is 16.8. The molecule has 0 atom stereocenters. The Bertz CT molecular complexity index is 1460. The van der Waals surface area contributed by atoms with E-state index >= 15 is 0 Å². The number of hydrogen-bond donors (Lipinski definition) is 2. The fourth-order valence-electron chi connectivity index (χ4n) is 3.67. The van der Waals surface area contributed by atoms with E-state index in [4.69, 9.17) is 0 Å². The van der Waals surface area contributed by atoms with E-state index in [0.29, 0.717) is 23.8 Å². The van der Waals surface area contributed by atoms with Gasteiger partial charge in [0, 0.05) is 24.9 Å². The van der Waals surface area contributed by atoms with Crippen LogP contribution >= 0.6 is 0 Å². The molecule has 0 radical (unpaired) electrons. The molecule has 184 valence electrons. The van der Waals surface area contributed by atoms with Crippen LogP contribution in [0.3, 0.4) is 0 Å². The minimum absolute atomic E-state index is 0.0635. The van der Waals surface area contributed by atoms with Crippen LogP contribution in [-0.2, 0) is 29.7 Å². The molecule has 35 heavy (non-hydrogen) atoms. The lowest BCUT2D eigenvalue weighted by atomic mass is 10.2. The molecule has 0 bridgehead atoms. The molecule has 11 heteroatoms. The summed E-state index contributed by atoms with van der Waals surface area (Å²) in [7, 11) is 1.48. The average Bonchev–Trinajstić information content (AvgIpc) is 3.21. The zero-order valence-electron chi connectivity index (χ0n) is 20.5. The van der Waals surface area contributed by atoms with Gasteiger partial charge in [0.1, 0.15) is 24.0 Å². The van der Waals surface area contributed by atoms with E-state index in [9.17, 15) is 19.2 Å². The maximum absolute atomic E-state index is 13.3. The molecule has 3 aromatic heterocycles. The zero-order chi connectivity index (χ0) is 25.7. The van der Waals surface area contributed by atoms with Crippen molar-refractivity contribution in [3.8, 4) is 0 Å². The van der Waals surface area contributed by atoms with Crippen molar-refractivity contribution in [2.45, 2.75) is 40.8 Å². The molecule has 0 saturated heterocycles. The van der Waals surface area contributed by atoms with Gasteiger partial charge in [-0.3, -0.25) is 23.5 Å². The number of pyridine rings is 1. The summed E-state index contributed by atoms with van der Waals surface area (Å²) in [5, 5.41) is 5.77. The van der Waals surface area contributed by atoms with Gasteiger partial charge in [0.05, 0.1) is 6.54 Å². The number of nitrogens with one attached hydrogen (secondary N) is 2. The standard InChI is InChI=1S/C22H23N7O4.C2H6/c1-13-5-4-6-16(24-13)25-17(31)12-28-18-20(26-19(28)15-7-9-23-10-8-15)27(3)22(33)29(21(18)32)11-14(2)30;1-2/h4-9,23H,10-12H2,1-3H3,(H,24,25,31);1-2H3. The Balaban J connectivity index is 0.00000167. The van der Waals surface area contributed by atoms with E-state index in [0.717, 1.165) is 10.3 Å². The smallest absolute Gasteiger partial charge is 0.332 e. The molecule has 2 N–H and O–H groups in total. The number of aromatic nitrogens is 5. The van der Waals surface area contributed by atoms with Crippen LogP contribution in [-0.4, -0.2) is 41.9 Å². The van der Waals surface area contributed by atoms with E-state index in [-0.39, 0.29) is 30.0 Å². The molecule has 0 spiro atoms. The minimum Gasteiger partial charge on any atom is -0.387 e. The number of dihydropyridines is 1. The number of ketones is 1. The van der Waals surface area contributed by atoms with Crippen LogP contribution in [0.1, 0.15) is 32.3 Å². The van der Waals surface area contributed by atoms with Gasteiger partial charge in [0.25, 0.3) is 5.56 Å². The van der Waals surface area contributed by atoms with Crippen LogP contribution < -0.4 is 21.9 Å². The first-order valence-corrected chi connectivity index (χ1v) is 11.3. The molecule has 4 rings (SSSR count).